The van der Waals surface area contributed by atoms with E-state index in [9.17, 15) is 9.59 Å². The van der Waals surface area contributed by atoms with Crippen LogP contribution in [0.5, 0.6) is 5.75 Å². The number of pyridine rings is 1. The van der Waals surface area contributed by atoms with E-state index in [0.717, 1.165) is 11.3 Å². The fraction of sp³-hybridized carbons (Fsp3) is 0.409. The van der Waals surface area contributed by atoms with Gasteiger partial charge in [0.05, 0.1) is 48.0 Å². The SMILES string of the molecule is Cc1ccc([C@@H](C)Oc2cc3oc(=O)n(CCC(=O)O)c3cc2Cl)nc1.NC(CO)(CO)CO. The largest absolute Gasteiger partial charge is 0.483 e. The molecule has 2 heterocycles. The number of nitrogens with zero attached hydrogens (tertiary/aromatic N) is 2. The number of aryl methyl sites for hydroxylation is 2. The maximum absolute atomic E-state index is 12.0. The number of ether oxygens (including phenoxy) is 1. The van der Waals surface area contributed by atoms with Crippen LogP contribution in [0.1, 0.15) is 30.7 Å². The average molecular weight is 498 g/mol. The molecule has 11 nitrogen and oxygen atoms in total. The van der Waals surface area contributed by atoms with Crippen molar-refractivity contribution in [3.05, 3.63) is 57.3 Å². The Kier molecular flexibility index (Phi) is 9.59. The molecule has 0 bridgehead atoms. The second-order valence-corrected chi connectivity index (χ2v) is 8.18. The highest BCUT2D eigenvalue weighted by Gasteiger charge is 2.21. The molecule has 0 aliphatic rings. The predicted octanol–water partition coefficient (Wildman–Crippen LogP) is 1.23. The van der Waals surface area contributed by atoms with Crippen molar-refractivity contribution in [2.45, 2.75) is 38.5 Å². The maximum Gasteiger partial charge on any atom is 0.419 e. The van der Waals surface area contributed by atoms with E-state index in [1.807, 2.05) is 26.0 Å². The van der Waals surface area contributed by atoms with E-state index < -0.39 is 37.1 Å². The van der Waals surface area contributed by atoms with Gasteiger partial charge in [-0.15, -0.1) is 0 Å². The molecular weight excluding hydrogens is 470 g/mol. The number of aliphatic carboxylic acids is 1. The second kappa shape index (κ2) is 12.0. The van der Waals surface area contributed by atoms with Crippen LogP contribution in [0.25, 0.3) is 11.1 Å². The van der Waals surface area contributed by atoms with Crippen LogP contribution in [0.4, 0.5) is 0 Å². The fourth-order valence-corrected chi connectivity index (χ4v) is 2.90. The number of aromatic nitrogens is 2. The lowest BCUT2D eigenvalue weighted by Gasteiger charge is -2.20. The van der Waals surface area contributed by atoms with Crippen LogP contribution in [-0.2, 0) is 11.3 Å². The zero-order valence-corrected chi connectivity index (χ0v) is 19.5. The Labute approximate surface area is 200 Å². The monoisotopic (exact) mass is 497 g/mol. The number of oxazole rings is 1. The van der Waals surface area contributed by atoms with Crippen molar-refractivity contribution < 1.29 is 34.4 Å². The highest BCUT2D eigenvalue weighted by atomic mass is 35.5. The molecule has 0 saturated heterocycles. The van der Waals surface area contributed by atoms with Gasteiger partial charge in [-0.3, -0.25) is 14.3 Å². The number of halogens is 1. The minimum absolute atomic E-state index is 0.00138. The summed E-state index contributed by atoms with van der Waals surface area (Å²) in [6, 6.07) is 6.87. The molecule has 6 N–H and O–H groups in total. The Morgan fingerprint density at radius 2 is 1.91 bits per heavy atom. The Morgan fingerprint density at radius 1 is 1.26 bits per heavy atom. The summed E-state index contributed by atoms with van der Waals surface area (Å²) in [5, 5.41) is 34.1. The molecule has 0 amide bonds. The number of hydrogen-bond acceptors (Lipinski definition) is 9. The molecule has 3 aromatic rings. The number of fused-ring (bicyclic) bond motifs is 1. The molecule has 0 spiro atoms. The van der Waals surface area contributed by atoms with Crippen molar-refractivity contribution in [2.75, 3.05) is 19.8 Å². The Bertz CT molecular complexity index is 1150. The van der Waals surface area contributed by atoms with Crippen LogP contribution in [0, 0.1) is 6.92 Å². The zero-order valence-electron chi connectivity index (χ0n) is 18.8. The van der Waals surface area contributed by atoms with E-state index in [4.69, 9.17) is 46.9 Å². The first-order valence-corrected chi connectivity index (χ1v) is 10.7. The Hall–Kier alpha value is -2.96. The van der Waals surface area contributed by atoms with E-state index in [2.05, 4.69) is 4.98 Å². The molecule has 186 valence electrons. The molecule has 3 rings (SSSR count). The van der Waals surface area contributed by atoms with Gasteiger partial charge in [-0.25, -0.2) is 4.79 Å². The maximum atomic E-state index is 12.0. The molecule has 1 aromatic carbocycles. The highest BCUT2D eigenvalue weighted by molar-refractivity contribution is 6.32. The molecule has 0 radical (unpaired) electrons. The average Bonchev–Trinajstić information content (AvgIpc) is 3.11. The van der Waals surface area contributed by atoms with Crippen LogP contribution in [0.3, 0.4) is 0 Å². The number of rotatable bonds is 9. The summed E-state index contributed by atoms with van der Waals surface area (Å²) < 4.78 is 12.3. The quantitative estimate of drug-likeness (QED) is 0.288. The Balaban J connectivity index is 0.000000440. The first-order valence-electron chi connectivity index (χ1n) is 10.3. The van der Waals surface area contributed by atoms with Crippen LogP contribution in [0.2, 0.25) is 5.02 Å². The van der Waals surface area contributed by atoms with Gasteiger partial charge in [-0.2, -0.15) is 0 Å². The number of carbonyl (C=O) groups is 1. The molecule has 2 aromatic heterocycles. The summed E-state index contributed by atoms with van der Waals surface area (Å²) in [4.78, 5) is 27.0. The van der Waals surface area contributed by atoms with Crippen LogP contribution < -0.4 is 16.2 Å². The van der Waals surface area contributed by atoms with E-state index in [0.29, 0.717) is 16.3 Å². The standard InChI is InChI=1S/C18H17ClN2O5.C4H11NO3/c1-10-3-4-13(20-9-10)11(2)25-15-8-16-14(7-12(15)19)21(18(24)26-16)6-5-17(22)23;5-4(1-6,2-7)3-8/h3-4,7-9,11H,5-6H2,1-2H3,(H,22,23);6-8H,1-3,5H2/t11-;/m1./s1. The van der Waals surface area contributed by atoms with Gasteiger partial charge < -0.3 is 35.3 Å². The fourth-order valence-electron chi connectivity index (χ4n) is 2.69. The minimum Gasteiger partial charge on any atom is -0.483 e. The number of hydrogen-bond donors (Lipinski definition) is 5. The first-order chi connectivity index (χ1) is 16.0. The molecule has 12 heteroatoms. The lowest BCUT2D eigenvalue weighted by molar-refractivity contribution is -0.137. The van der Waals surface area contributed by atoms with Crippen LogP contribution >= 0.6 is 11.6 Å². The third kappa shape index (κ3) is 7.02. The number of aliphatic hydroxyl groups excluding tert-OH is 3. The lowest BCUT2D eigenvalue weighted by atomic mass is 10.1. The smallest absolute Gasteiger partial charge is 0.419 e. The number of aliphatic hydroxyl groups is 3. The Morgan fingerprint density at radius 3 is 2.41 bits per heavy atom. The molecule has 0 saturated carbocycles. The molecule has 0 fully saturated rings. The van der Waals surface area contributed by atoms with Gasteiger partial charge in [0.1, 0.15) is 11.9 Å². The zero-order chi connectivity index (χ0) is 25.5. The number of benzene rings is 1. The summed E-state index contributed by atoms with van der Waals surface area (Å²) in [6.07, 6.45) is 1.20. The number of carboxylic acid groups (broad SMARTS) is 1. The topological polar surface area (TPSA) is 181 Å². The summed E-state index contributed by atoms with van der Waals surface area (Å²) in [7, 11) is 0. The van der Waals surface area contributed by atoms with E-state index >= 15 is 0 Å². The van der Waals surface area contributed by atoms with Crippen molar-refractivity contribution in [3.63, 3.8) is 0 Å². The predicted molar refractivity (Wildman–Crippen MR) is 124 cm³/mol. The van der Waals surface area contributed by atoms with Crippen molar-refractivity contribution in [1.82, 2.24) is 9.55 Å². The van der Waals surface area contributed by atoms with Crippen LogP contribution in [-0.4, -0.2) is 61.3 Å². The van der Waals surface area contributed by atoms with Crippen LogP contribution in [0.15, 0.2) is 39.7 Å². The van der Waals surface area contributed by atoms with Gasteiger partial charge in [0.2, 0.25) is 0 Å². The first kappa shape index (κ1) is 27.3. The van der Waals surface area contributed by atoms with Gasteiger partial charge >= 0.3 is 11.7 Å². The van der Waals surface area contributed by atoms with Gasteiger partial charge in [0.25, 0.3) is 0 Å². The summed E-state index contributed by atoms with van der Waals surface area (Å²) in [5.74, 6) is -1.28. The van der Waals surface area contributed by atoms with E-state index in [-0.39, 0.29) is 24.7 Å². The third-order valence-electron chi connectivity index (χ3n) is 4.87. The molecule has 0 unspecified atom stereocenters. The molecule has 34 heavy (non-hydrogen) atoms. The number of carboxylic acids is 1. The van der Waals surface area contributed by atoms with E-state index in [1.165, 1.54) is 16.7 Å². The highest BCUT2D eigenvalue weighted by Crippen LogP contribution is 2.33. The summed E-state index contributed by atoms with van der Waals surface area (Å²) in [6.45, 7) is 2.58. The molecule has 0 aliphatic carbocycles. The van der Waals surface area contributed by atoms with Crippen molar-refractivity contribution in [3.8, 4) is 5.75 Å². The van der Waals surface area contributed by atoms with E-state index in [1.54, 1.807) is 6.20 Å². The minimum atomic E-state index is -1.21. The van der Waals surface area contributed by atoms with Crippen molar-refractivity contribution in [2.24, 2.45) is 5.73 Å². The van der Waals surface area contributed by atoms with Gasteiger partial charge in [0.15, 0.2) is 5.58 Å². The lowest BCUT2D eigenvalue weighted by Crippen LogP contribution is -2.50. The third-order valence-corrected chi connectivity index (χ3v) is 5.17. The van der Waals surface area contributed by atoms with Gasteiger partial charge in [0, 0.05) is 18.8 Å². The molecular formula is C22H28ClN3O8. The molecule has 0 aliphatic heterocycles. The normalized spacial score (nSPS) is 12.2. The molecule has 1 atom stereocenters. The van der Waals surface area contributed by atoms with Crippen molar-refractivity contribution in [1.29, 1.82) is 0 Å². The summed E-state index contributed by atoms with van der Waals surface area (Å²) in [5.41, 5.74) is 6.43. The van der Waals surface area contributed by atoms with Gasteiger partial charge in [-0.05, 0) is 31.5 Å². The van der Waals surface area contributed by atoms with Gasteiger partial charge in [-0.1, -0.05) is 17.7 Å². The summed E-state index contributed by atoms with van der Waals surface area (Å²) >= 11 is 6.29. The second-order valence-electron chi connectivity index (χ2n) is 7.77. The van der Waals surface area contributed by atoms with Crippen molar-refractivity contribution >= 4 is 28.7 Å². The number of nitrogens with two attached hydrogens (primary N) is 1.